The van der Waals surface area contributed by atoms with E-state index in [2.05, 4.69) is 32.8 Å². The van der Waals surface area contributed by atoms with Gasteiger partial charge in [-0.25, -0.2) is 4.79 Å². The molecule has 3 rings (SSSR count). The predicted molar refractivity (Wildman–Crippen MR) is 86.6 cm³/mol. The quantitative estimate of drug-likeness (QED) is 0.919. The van der Waals surface area contributed by atoms with Gasteiger partial charge in [0.05, 0.1) is 5.69 Å². The molecule has 2 amide bonds. The number of amides is 2. The summed E-state index contributed by atoms with van der Waals surface area (Å²) in [6.07, 6.45) is 1.01. The number of benzene rings is 1. The Morgan fingerprint density at radius 1 is 1.35 bits per heavy atom. The van der Waals surface area contributed by atoms with Gasteiger partial charge in [0.2, 0.25) is 0 Å². The van der Waals surface area contributed by atoms with E-state index in [-0.39, 0.29) is 12.1 Å². The molecule has 1 fully saturated rings. The first-order chi connectivity index (χ1) is 11.0. The highest BCUT2D eigenvalue weighted by Crippen LogP contribution is 2.16. The van der Waals surface area contributed by atoms with Gasteiger partial charge >= 0.3 is 6.03 Å². The van der Waals surface area contributed by atoms with Crippen molar-refractivity contribution in [2.75, 3.05) is 32.5 Å². The van der Waals surface area contributed by atoms with Crippen molar-refractivity contribution in [2.45, 2.75) is 19.4 Å². The van der Waals surface area contributed by atoms with E-state index in [1.807, 2.05) is 38.2 Å². The molecular formula is C15H21N7O. The number of likely N-dealkylation sites (N-methyl/N-ethyl adjacent to an activating group) is 2. The molecule has 2 heterocycles. The number of carbonyl (C=O) groups is 1. The highest BCUT2D eigenvalue weighted by molar-refractivity contribution is 5.89. The Kier molecular flexibility index (Phi) is 4.24. The molecule has 1 aromatic carbocycles. The minimum absolute atomic E-state index is 0.0864. The van der Waals surface area contributed by atoms with E-state index in [0.29, 0.717) is 5.82 Å². The average Bonchev–Trinajstić information content (AvgIpc) is 3.16. The second-order valence-electron chi connectivity index (χ2n) is 5.93. The number of nitrogens with one attached hydrogen (secondary N) is 1. The van der Waals surface area contributed by atoms with Crippen molar-refractivity contribution in [1.29, 1.82) is 0 Å². The molecule has 0 unspecified atom stereocenters. The molecule has 0 spiro atoms. The zero-order valence-electron chi connectivity index (χ0n) is 13.6. The Bertz CT molecular complexity index is 681. The number of aromatic nitrogens is 4. The summed E-state index contributed by atoms with van der Waals surface area (Å²) in [5, 5.41) is 14.3. The Labute approximate surface area is 135 Å². The zero-order chi connectivity index (χ0) is 16.4. The monoisotopic (exact) mass is 315 g/mol. The third kappa shape index (κ3) is 3.31. The minimum Gasteiger partial charge on any atom is -0.323 e. The fourth-order valence-corrected chi connectivity index (χ4v) is 2.76. The lowest BCUT2D eigenvalue weighted by Gasteiger charge is -2.24. The highest BCUT2D eigenvalue weighted by Gasteiger charge is 2.26. The second-order valence-corrected chi connectivity index (χ2v) is 5.93. The summed E-state index contributed by atoms with van der Waals surface area (Å²) in [4.78, 5) is 16.3. The average molecular weight is 315 g/mol. The van der Waals surface area contributed by atoms with Gasteiger partial charge < -0.3 is 15.1 Å². The number of nitrogens with zero attached hydrogens (tertiary/aromatic N) is 6. The van der Waals surface area contributed by atoms with Crippen LogP contribution in [0.3, 0.4) is 0 Å². The van der Waals surface area contributed by atoms with Gasteiger partial charge in [-0.05, 0) is 61.6 Å². The molecular weight excluding hydrogens is 294 g/mol. The molecule has 1 aliphatic heterocycles. The smallest absolute Gasteiger partial charge is 0.321 e. The maximum absolute atomic E-state index is 12.3. The Hall–Kier alpha value is -2.48. The van der Waals surface area contributed by atoms with Crippen molar-refractivity contribution in [3.05, 3.63) is 30.1 Å². The lowest BCUT2D eigenvalue weighted by Crippen LogP contribution is -2.41. The van der Waals surface area contributed by atoms with Crippen LogP contribution in [0.5, 0.6) is 0 Å². The van der Waals surface area contributed by atoms with Crippen LogP contribution in [0, 0.1) is 6.92 Å². The maximum Gasteiger partial charge on any atom is 0.321 e. The molecule has 8 nitrogen and oxygen atoms in total. The topological polar surface area (TPSA) is 79.2 Å². The maximum atomic E-state index is 12.3. The minimum atomic E-state index is -0.0864. The molecule has 8 heteroatoms. The molecule has 2 aromatic rings. The number of hydrogen-bond donors (Lipinski definition) is 1. The van der Waals surface area contributed by atoms with Gasteiger partial charge in [0.15, 0.2) is 5.82 Å². The van der Waals surface area contributed by atoms with E-state index in [4.69, 9.17) is 0 Å². The Morgan fingerprint density at radius 3 is 2.65 bits per heavy atom. The molecule has 1 aromatic heterocycles. The van der Waals surface area contributed by atoms with Gasteiger partial charge in [-0.15, -0.1) is 5.10 Å². The van der Waals surface area contributed by atoms with E-state index in [9.17, 15) is 4.79 Å². The van der Waals surface area contributed by atoms with E-state index in [0.717, 1.165) is 30.9 Å². The third-order valence-corrected chi connectivity index (χ3v) is 4.22. The predicted octanol–water partition coefficient (Wildman–Crippen LogP) is 1.14. The van der Waals surface area contributed by atoms with Crippen molar-refractivity contribution >= 4 is 11.7 Å². The van der Waals surface area contributed by atoms with E-state index in [1.54, 1.807) is 9.58 Å². The normalized spacial score (nSPS) is 18.1. The summed E-state index contributed by atoms with van der Waals surface area (Å²) in [6.45, 7) is 3.78. The fraction of sp³-hybridized carbons (Fsp3) is 0.467. The molecule has 1 N–H and O–H groups in total. The SMILES string of the molecule is Cc1nnnn1-c1ccc(NC(=O)N(C)[C@@H]2CCN(C)C2)cc1. The van der Waals surface area contributed by atoms with Crippen LogP contribution in [0.4, 0.5) is 10.5 Å². The molecule has 0 radical (unpaired) electrons. The number of rotatable bonds is 3. The first-order valence-corrected chi connectivity index (χ1v) is 7.62. The van der Waals surface area contributed by atoms with Gasteiger partial charge in [-0.3, -0.25) is 0 Å². The molecule has 1 atom stereocenters. The molecule has 23 heavy (non-hydrogen) atoms. The lowest BCUT2D eigenvalue weighted by molar-refractivity contribution is 0.204. The van der Waals surface area contributed by atoms with Crippen LogP contribution in [-0.2, 0) is 0 Å². The number of hydrogen-bond acceptors (Lipinski definition) is 5. The standard InChI is InChI=1S/C15H21N7O/c1-11-17-18-19-22(11)13-6-4-12(5-7-13)16-15(23)21(3)14-8-9-20(2)10-14/h4-7,14H,8-10H2,1-3H3,(H,16,23)/t14-/m1/s1. The summed E-state index contributed by atoms with van der Waals surface area (Å²) in [7, 11) is 3.92. The molecule has 122 valence electrons. The van der Waals surface area contributed by atoms with Gasteiger partial charge in [0, 0.05) is 25.3 Å². The van der Waals surface area contributed by atoms with E-state index in [1.165, 1.54) is 0 Å². The van der Waals surface area contributed by atoms with Crippen LogP contribution in [0.15, 0.2) is 24.3 Å². The lowest BCUT2D eigenvalue weighted by atomic mass is 10.2. The molecule has 0 aliphatic carbocycles. The van der Waals surface area contributed by atoms with Crippen molar-refractivity contribution in [2.24, 2.45) is 0 Å². The van der Waals surface area contributed by atoms with Crippen molar-refractivity contribution < 1.29 is 4.79 Å². The molecule has 1 saturated heterocycles. The van der Waals surface area contributed by atoms with Gasteiger partial charge in [0.25, 0.3) is 0 Å². The number of anilines is 1. The molecule has 0 saturated carbocycles. The Morgan fingerprint density at radius 2 is 2.09 bits per heavy atom. The van der Waals surface area contributed by atoms with Crippen molar-refractivity contribution in [3.8, 4) is 5.69 Å². The van der Waals surface area contributed by atoms with Crippen LogP contribution in [0.2, 0.25) is 0 Å². The van der Waals surface area contributed by atoms with Crippen molar-refractivity contribution in [3.63, 3.8) is 0 Å². The highest BCUT2D eigenvalue weighted by atomic mass is 16.2. The summed E-state index contributed by atoms with van der Waals surface area (Å²) >= 11 is 0. The Balaban J connectivity index is 1.64. The second kappa shape index (κ2) is 6.33. The summed E-state index contributed by atoms with van der Waals surface area (Å²) in [5.41, 5.74) is 1.61. The van der Waals surface area contributed by atoms with Crippen LogP contribution in [-0.4, -0.2) is 69.3 Å². The van der Waals surface area contributed by atoms with E-state index >= 15 is 0 Å². The summed E-state index contributed by atoms with van der Waals surface area (Å²) in [5.74, 6) is 0.715. The van der Waals surface area contributed by atoms with Gasteiger partial charge in [-0.2, -0.15) is 4.68 Å². The number of aryl methyl sites for hydroxylation is 1. The largest absolute Gasteiger partial charge is 0.323 e. The first-order valence-electron chi connectivity index (χ1n) is 7.62. The first kappa shape index (κ1) is 15.4. The zero-order valence-corrected chi connectivity index (χ0v) is 13.6. The van der Waals surface area contributed by atoms with Gasteiger partial charge in [0.1, 0.15) is 0 Å². The van der Waals surface area contributed by atoms with Crippen LogP contribution >= 0.6 is 0 Å². The summed E-state index contributed by atoms with van der Waals surface area (Å²) in [6, 6.07) is 7.64. The van der Waals surface area contributed by atoms with Crippen LogP contribution < -0.4 is 5.32 Å². The summed E-state index contributed by atoms with van der Waals surface area (Å²) < 4.78 is 1.64. The van der Waals surface area contributed by atoms with Crippen LogP contribution in [0.1, 0.15) is 12.2 Å². The number of tetrazole rings is 1. The number of urea groups is 1. The molecule has 1 aliphatic rings. The number of carbonyl (C=O) groups excluding carboxylic acids is 1. The van der Waals surface area contributed by atoms with E-state index < -0.39 is 0 Å². The molecule has 0 bridgehead atoms. The van der Waals surface area contributed by atoms with Gasteiger partial charge in [-0.1, -0.05) is 0 Å². The fourth-order valence-electron chi connectivity index (χ4n) is 2.76. The van der Waals surface area contributed by atoms with Crippen LogP contribution in [0.25, 0.3) is 5.69 Å². The number of likely N-dealkylation sites (tertiary alicyclic amines) is 1. The van der Waals surface area contributed by atoms with Crippen molar-refractivity contribution in [1.82, 2.24) is 30.0 Å². The third-order valence-electron chi connectivity index (χ3n) is 4.22.